The SMILES string of the molecule is Cc1ccc(Cl)cc1NC(=O)NCCCNC(C)C.Cl. The normalized spacial score (nSPS) is 10.1. The summed E-state index contributed by atoms with van der Waals surface area (Å²) in [5, 5.41) is 9.52. The van der Waals surface area contributed by atoms with Gasteiger partial charge in [-0.05, 0) is 37.6 Å². The van der Waals surface area contributed by atoms with Crippen LogP contribution in [0.25, 0.3) is 0 Å². The van der Waals surface area contributed by atoms with Crippen molar-refractivity contribution < 1.29 is 4.79 Å². The number of anilines is 1. The summed E-state index contributed by atoms with van der Waals surface area (Å²) in [5.41, 5.74) is 1.73. The summed E-state index contributed by atoms with van der Waals surface area (Å²) < 4.78 is 0. The molecule has 6 heteroatoms. The van der Waals surface area contributed by atoms with Gasteiger partial charge in [0.2, 0.25) is 0 Å². The first kappa shape index (κ1) is 19.0. The van der Waals surface area contributed by atoms with Crippen LogP contribution in [0.15, 0.2) is 18.2 Å². The topological polar surface area (TPSA) is 53.2 Å². The highest BCUT2D eigenvalue weighted by Gasteiger charge is 2.04. The lowest BCUT2D eigenvalue weighted by Crippen LogP contribution is -2.32. The summed E-state index contributed by atoms with van der Waals surface area (Å²) in [4.78, 5) is 11.7. The van der Waals surface area contributed by atoms with Crippen LogP contribution in [0.2, 0.25) is 5.02 Å². The maximum Gasteiger partial charge on any atom is 0.319 e. The van der Waals surface area contributed by atoms with E-state index in [0.717, 1.165) is 24.2 Å². The molecule has 1 aromatic carbocycles. The number of aryl methyl sites for hydroxylation is 1. The fourth-order valence-electron chi connectivity index (χ4n) is 1.58. The predicted octanol–water partition coefficient (Wildman–Crippen LogP) is 3.58. The summed E-state index contributed by atoms with van der Waals surface area (Å²) in [6, 6.07) is 5.71. The van der Waals surface area contributed by atoms with Gasteiger partial charge >= 0.3 is 6.03 Å². The average Bonchev–Trinajstić information content (AvgIpc) is 2.33. The van der Waals surface area contributed by atoms with E-state index in [1.807, 2.05) is 13.0 Å². The second kappa shape index (κ2) is 9.86. The van der Waals surface area contributed by atoms with Crippen molar-refractivity contribution in [3.8, 4) is 0 Å². The van der Waals surface area contributed by atoms with Crippen LogP contribution in [0.3, 0.4) is 0 Å². The number of halogens is 2. The summed E-state index contributed by atoms with van der Waals surface area (Å²) in [6.45, 7) is 7.67. The molecule has 0 aromatic heterocycles. The predicted molar refractivity (Wildman–Crippen MR) is 88.2 cm³/mol. The summed E-state index contributed by atoms with van der Waals surface area (Å²) >= 11 is 5.90. The largest absolute Gasteiger partial charge is 0.338 e. The van der Waals surface area contributed by atoms with Crippen LogP contribution in [0.4, 0.5) is 10.5 Å². The molecule has 2 amide bonds. The van der Waals surface area contributed by atoms with Gasteiger partial charge in [0.1, 0.15) is 0 Å². The van der Waals surface area contributed by atoms with E-state index in [0.29, 0.717) is 17.6 Å². The van der Waals surface area contributed by atoms with E-state index in [1.165, 1.54) is 0 Å². The standard InChI is InChI=1S/C14H22ClN3O.ClH/c1-10(2)16-7-4-8-17-14(19)18-13-9-12(15)6-5-11(13)3;/h5-6,9-10,16H,4,7-8H2,1-3H3,(H2,17,18,19);1H. The number of urea groups is 1. The second-order valence-corrected chi connectivity index (χ2v) is 5.24. The molecule has 0 unspecified atom stereocenters. The molecule has 0 aliphatic heterocycles. The van der Waals surface area contributed by atoms with Crippen LogP contribution in [0.1, 0.15) is 25.8 Å². The number of carbonyl (C=O) groups is 1. The molecule has 0 aliphatic carbocycles. The number of nitrogens with one attached hydrogen (secondary N) is 3. The minimum atomic E-state index is -0.199. The number of hydrogen-bond donors (Lipinski definition) is 3. The Morgan fingerprint density at radius 2 is 2.00 bits per heavy atom. The molecule has 0 atom stereocenters. The van der Waals surface area contributed by atoms with Crippen molar-refractivity contribution in [3.05, 3.63) is 28.8 Å². The Morgan fingerprint density at radius 1 is 1.30 bits per heavy atom. The van der Waals surface area contributed by atoms with Gasteiger partial charge < -0.3 is 16.0 Å². The van der Waals surface area contributed by atoms with E-state index in [-0.39, 0.29) is 18.4 Å². The molecular weight excluding hydrogens is 297 g/mol. The first-order valence-electron chi connectivity index (χ1n) is 6.53. The van der Waals surface area contributed by atoms with Gasteiger partial charge in [-0.15, -0.1) is 12.4 Å². The zero-order chi connectivity index (χ0) is 14.3. The second-order valence-electron chi connectivity index (χ2n) is 4.80. The maximum absolute atomic E-state index is 11.7. The minimum absolute atomic E-state index is 0. The molecule has 114 valence electrons. The van der Waals surface area contributed by atoms with Gasteiger partial charge in [-0.2, -0.15) is 0 Å². The molecule has 1 rings (SSSR count). The Labute approximate surface area is 132 Å². The van der Waals surface area contributed by atoms with Gasteiger partial charge in [0.15, 0.2) is 0 Å². The molecule has 0 aliphatic rings. The third kappa shape index (κ3) is 7.58. The van der Waals surface area contributed by atoms with Crippen molar-refractivity contribution in [3.63, 3.8) is 0 Å². The van der Waals surface area contributed by atoms with Gasteiger partial charge in [-0.3, -0.25) is 0 Å². The van der Waals surface area contributed by atoms with Gasteiger partial charge in [-0.1, -0.05) is 31.5 Å². The van der Waals surface area contributed by atoms with Crippen molar-refractivity contribution in [2.24, 2.45) is 0 Å². The minimum Gasteiger partial charge on any atom is -0.338 e. The van der Waals surface area contributed by atoms with Crippen molar-refractivity contribution in [2.45, 2.75) is 33.2 Å². The molecule has 4 nitrogen and oxygen atoms in total. The van der Waals surface area contributed by atoms with Gasteiger partial charge in [0.05, 0.1) is 0 Å². The molecule has 0 heterocycles. The summed E-state index contributed by atoms with van der Waals surface area (Å²) in [5.74, 6) is 0. The van der Waals surface area contributed by atoms with Gasteiger partial charge in [0.25, 0.3) is 0 Å². The fraction of sp³-hybridized carbons (Fsp3) is 0.500. The summed E-state index contributed by atoms with van der Waals surface area (Å²) in [7, 11) is 0. The van der Waals surface area contributed by atoms with Crippen LogP contribution in [0.5, 0.6) is 0 Å². The van der Waals surface area contributed by atoms with E-state index in [2.05, 4.69) is 29.8 Å². The van der Waals surface area contributed by atoms with Crippen LogP contribution < -0.4 is 16.0 Å². The van der Waals surface area contributed by atoms with E-state index in [9.17, 15) is 4.79 Å². The highest BCUT2D eigenvalue weighted by molar-refractivity contribution is 6.31. The van der Waals surface area contributed by atoms with Crippen LogP contribution in [-0.2, 0) is 0 Å². The average molecular weight is 320 g/mol. The van der Waals surface area contributed by atoms with E-state index in [4.69, 9.17) is 11.6 Å². The molecule has 0 saturated carbocycles. The van der Waals surface area contributed by atoms with Crippen molar-refractivity contribution in [2.75, 3.05) is 18.4 Å². The molecule has 0 spiro atoms. The van der Waals surface area contributed by atoms with Crippen LogP contribution >= 0.6 is 24.0 Å². The van der Waals surface area contributed by atoms with E-state index >= 15 is 0 Å². The fourth-order valence-corrected chi connectivity index (χ4v) is 1.75. The van der Waals surface area contributed by atoms with E-state index < -0.39 is 0 Å². The first-order valence-corrected chi connectivity index (χ1v) is 6.91. The number of amides is 2. The monoisotopic (exact) mass is 319 g/mol. The number of carbonyl (C=O) groups excluding carboxylic acids is 1. The molecular formula is C14H23Cl2N3O. The number of hydrogen-bond acceptors (Lipinski definition) is 2. The number of benzene rings is 1. The molecule has 0 saturated heterocycles. The van der Waals surface area contributed by atoms with Crippen molar-refractivity contribution in [1.29, 1.82) is 0 Å². The Morgan fingerprint density at radius 3 is 2.65 bits per heavy atom. The highest BCUT2D eigenvalue weighted by atomic mass is 35.5. The molecule has 0 radical (unpaired) electrons. The lowest BCUT2D eigenvalue weighted by atomic mass is 10.2. The lowest BCUT2D eigenvalue weighted by Gasteiger charge is -2.11. The zero-order valence-electron chi connectivity index (χ0n) is 12.1. The van der Waals surface area contributed by atoms with Crippen molar-refractivity contribution >= 4 is 35.7 Å². The molecule has 0 fully saturated rings. The lowest BCUT2D eigenvalue weighted by molar-refractivity contribution is 0.252. The zero-order valence-corrected chi connectivity index (χ0v) is 13.7. The van der Waals surface area contributed by atoms with Crippen LogP contribution in [0, 0.1) is 6.92 Å². The van der Waals surface area contributed by atoms with Crippen molar-refractivity contribution in [1.82, 2.24) is 10.6 Å². The smallest absolute Gasteiger partial charge is 0.319 e. The molecule has 0 bridgehead atoms. The Bertz CT molecular complexity index is 425. The Balaban J connectivity index is 0.00000361. The van der Waals surface area contributed by atoms with Gasteiger partial charge in [0, 0.05) is 23.3 Å². The molecule has 20 heavy (non-hydrogen) atoms. The highest BCUT2D eigenvalue weighted by Crippen LogP contribution is 2.19. The van der Waals surface area contributed by atoms with Crippen LogP contribution in [-0.4, -0.2) is 25.2 Å². The Kier molecular flexibility index (Phi) is 9.38. The number of rotatable bonds is 6. The molecule has 3 N–H and O–H groups in total. The first-order chi connectivity index (χ1) is 8.99. The molecule has 1 aromatic rings. The maximum atomic E-state index is 11.7. The third-order valence-corrected chi connectivity index (χ3v) is 2.87. The van der Waals surface area contributed by atoms with E-state index in [1.54, 1.807) is 12.1 Å². The van der Waals surface area contributed by atoms with Gasteiger partial charge in [-0.25, -0.2) is 4.79 Å². The summed E-state index contributed by atoms with van der Waals surface area (Å²) in [6.07, 6.45) is 0.903. The Hall–Kier alpha value is -0.970. The quantitative estimate of drug-likeness (QED) is 0.702. The third-order valence-electron chi connectivity index (χ3n) is 2.64.